The molecule has 0 radical (unpaired) electrons. The number of halogens is 1. The van der Waals surface area contributed by atoms with Crippen molar-refractivity contribution in [2.75, 3.05) is 46.9 Å². The molecule has 0 spiro atoms. The Kier molecular flexibility index (Phi) is 5.34. The lowest BCUT2D eigenvalue weighted by molar-refractivity contribution is 0.0734. The van der Waals surface area contributed by atoms with Gasteiger partial charge >= 0.3 is 0 Å². The van der Waals surface area contributed by atoms with Gasteiger partial charge in [0, 0.05) is 37.9 Å². The highest BCUT2D eigenvalue weighted by molar-refractivity contribution is 6.30. The van der Waals surface area contributed by atoms with E-state index in [9.17, 15) is 4.79 Å². The molecule has 1 aromatic rings. The number of amides is 1. The number of carbonyl (C=O) groups is 1. The Morgan fingerprint density at radius 2 is 2.35 bits per heavy atom. The second-order valence-corrected chi connectivity index (χ2v) is 5.78. The predicted octanol–water partition coefficient (Wildman–Crippen LogP) is 1.39. The van der Waals surface area contributed by atoms with Crippen molar-refractivity contribution in [3.63, 3.8) is 0 Å². The topological polar surface area (TPSA) is 45.7 Å². The molecule has 110 valence electrons. The molecular weight excluding hydrogens is 278 g/mol. The van der Waals surface area contributed by atoms with Crippen LogP contribution in [0.25, 0.3) is 0 Å². The molecule has 0 aliphatic carbocycles. The van der Waals surface area contributed by atoms with E-state index in [4.69, 9.17) is 16.3 Å². The average Bonchev–Trinajstić information content (AvgIpc) is 2.62. The number of hydrogen-bond acceptors (Lipinski definition) is 4. The maximum absolute atomic E-state index is 12.5. The van der Waals surface area contributed by atoms with Gasteiger partial charge in [-0.05, 0) is 20.2 Å². The van der Waals surface area contributed by atoms with E-state index in [-0.39, 0.29) is 5.91 Å². The highest BCUT2D eigenvalue weighted by Crippen LogP contribution is 2.14. The van der Waals surface area contributed by atoms with Gasteiger partial charge in [0.1, 0.15) is 0 Å². The lowest BCUT2D eigenvalue weighted by Crippen LogP contribution is -2.38. The highest BCUT2D eigenvalue weighted by atomic mass is 35.5. The summed E-state index contributed by atoms with van der Waals surface area (Å²) < 4.78 is 5.59. The number of pyridine rings is 1. The minimum Gasteiger partial charge on any atom is -0.379 e. The molecular formula is C14H20ClN3O2. The Morgan fingerprint density at radius 3 is 3.05 bits per heavy atom. The van der Waals surface area contributed by atoms with Crippen LogP contribution in [0.15, 0.2) is 18.5 Å². The molecule has 6 heteroatoms. The summed E-state index contributed by atoms with van der Waals surface area (Å²) in [7, 11) is 4.05. The summed E-state index contributed by atoms with van der Waals surface area (Å²) in [5.41, 5.74) is 0.531. The van der Waals surface area contributed by atoms with Gasteiger partial charge in [0.2, 0.25) is 0 Å². The Balaban J connectivity index is 2.07. The van der Waals surface area contributed by atoms with Crippen LogP contribution in [0, 0.1) is 5.92 Å². The quantitative estimate of drug-likeness (QED) is 0.846. The van der Waals surface area contributed by atoms with Gasteiger partial charge in [-0.25, -0.2) is 0 Å². The monoisotopic (exact) mass is 297 g/mol. The lowest BCUT2D eigenvalue weighted by atomic mass is 10.1. The summed E-state index contributed by atoms with van der Waals surface area (Å²) in [6.45, 7) is 3.47. The van der Waals surface area contributed by atoms with Crippen molar-refractivity contribution >= 4 is 17.5 Å². The van der Waals surface area contributed by atoms with Crippen LogP contribution in [0.1, 0.15) is 10.4 Å². The maximum Gasteiger partial charge on any atom is 0.255 e. The van der Waals surface area contributed by atoms with Crippen LogP contribution in [0.2, 0.25) is 5.02 Å². The van der Waals surface area contributed by atoms with Gasteiger partial charge in [0.25, 0.3) is 5.91 Å². The molecule has 1 aliphatic heterocycles. The van der Waals surface area contributed by atoms with Gasteiger partial charge < -0.3 is 14.5 Å². The summed E-state index contributed by atoms with van der Waals surface area (Å²) >= 11 is 5.89. The summed E-state index contributed by atoms with van der Waals surface area (Å²) in [5, 5.41) is 0.478. The molecule has 0 bridgehead atoms. The maximum atomic E-state index is 12.5. The third kappa shape index (κ3) is 4.16. The van der Waals surface area contributed by atoms with E-state index in [1.54, 1.807) is 12.3 Å². The number of hydrogen-bond donors (Lipinski definition) is 0. The van der Waals surface area contributed by atoms with Gasteiger partial charge in [0.05, 0.1) is 23.8 Å². The third-order valence-electron chi connectivity index (χ3n) is 3.20. The van der Waals surface area contributed by atoms with E-state index in [0.717, 1.165) is 6.54 Å². The van der Waals surface area contributed by atoms with E-state index in [0.29, 0.717) is 42.8 Å². The summed E-state index contributed by atoms with van der Waals surface area (Å²) in [6, 6.07) is 1.66. The predicted molar refractivity (Wildman–Crippen MR) is 78.0 cm³/mol. The number of ether oxygens (including phenoxy) is 1. The first-order valence-corrected chi connectivity index (χ1v) is 7.06. The fourth-order valence-corrected chi connectivity index (χ4v) is 2.58. The number of rotatable bonds is 3. The first-order chi connectivity index (χ1) is 9.56. The smallest absolute Gasteiger partial charge is 0.255 e. The minimum absolute atomic E-state index is 0.0331. The van der Waals surface area contributed by atoms with E-state index < -0.39 is 0 Å². The fraction of sp³-hybridized carbons (Fsp3) is 0.571. The molecule has 20 heavy (non-hydrogen) atoms. The van der Waals surface area contributed by atoms with Crippen molar-refractivity contribution in [2.45, 2.75) is 0 Å². The van der Waals surface area contributed by atoms with E-state index in [1.807, 2.05) is 19.0 Å². The van der Waals surface area contributed by atoms with Crippen LogP contribution in [-0.4, -0.2) is 67.6 Å². The zero-order valence-corrected chi connectivity index (χ0v) is 12.6. The molecule has 1 aliphatic rings. The van der Waals surface area contributed by atoms with E-state index >= 15 is 0 Å². The second kappa shape index (κ2) is 7.02. The van der Waals surface area contributed by atoms with Crippen LogP contribution in [0.5, 0.6) is 0 Å². The minimum atomic E-state index is -0.0331. The first-order valence-electron chi connectivity index (χ1n) is 6.68. The van der Waals surface area contributed by atoms with Crippen LogP contribution in [0.3, 0.4) is 0 Å². The van der Waals surface area contributed by atoms with Crippen molar-refractivity contribution in [2.24, 2.45) is 5.92 Å². The highest BCUT2D eigenvalue weighted by Gasteiger charge is 2.24. The van der Waals surface area contributed by atoms with Crippen molar-refractivity contribution in [1.82, 2.24) is 14.8 Å². The third-order valence-corrected chi connectivity index (χ3v) is 3.41. The molecule has 1 atom stereocenters. The Morgan fingerprint density at radius 1 is 1.55 bits per heavy atom. The van der Waals surface area contributed by atoms with E-state index in [2.05, 4.69) is 9.88 Å². The van der Waals surface area contributed by atoms with Gasteiger partial charge in [-0.1, -0.05) is 11.6 Å². The molecule has 0 aromatic carbocycles. The first kappa shape index (κ1) is 15.2. The average molecular weight is 298 g/mol. The Bertz CT molecular complexity index is 467. The summed E-state index contributed by atoms with van der Waals surface area (Å²) in [5.74, 6) is 0.290. The standard InChI is InChI=1S/C14H20ClN3O2/c1-17(2)8-11-9-18(3-4-20-10-11)14(19)12-5-13(15)7-16-6-12/h5-7,11H,3-4,8-10H2,1-2H3/t11-/m0/s1. The number of aromatic nitrogens is 1. The van der Waals surface area contributed by atoms with Crippen molar-refractivity contribution in [3.05, 3.63) is 29.0 Å². The molecule has 1 aromatic heterocycles. The van der Waals surface area contributed by atoms with Gasteiger partial charge in [0.15, 0.2) is 0 Å². The zero-order valence-electron chi connectivity index (χ0n) is 11.9. The summed E-state index contributed by atoms with van der Waals surface area (Å²) in [4.78, 5) is 20.4. The van der Waals surface area contributed by atoms with Crippen LogP contribution < -0.4 is 0 Å². The number of carbonyl (C=O) groups excluding carboxylic acids is 1. The SMILES string of the molecule is CN(C)C[C@@H]1COCCN(C(=O)c2cncc(Cl)c2)C1. The van der Waals surface area contributed by atoms with Gasteiger partial charge in [-0.3, -0.25) is 9.78 Å². The molecule has 2 rings (SSSR count). The van der Waals surface area contributed by atoms with Gasteiger partial charge in [-0.15, -0.1) is 0 Å². The molecule has 1 saturated heterocycles. The molecule has 1 amide bonds. The number of nitrogens with zero attached hydrogens (tertiary/aromatic N) is 3. The largest absolute Gasteiger partial charge is 0.379 e. The summed E-state index contributed by atoms with van der Waals surface area (Å²) in [6.07, 6.45) is 3.08. The molecule has 0 N–H and O–H groups in total. The Hall–Kier alpha value is -1.17. The normalized spacial score (nSPS) is 20.0. The zero-order chi connectivity index (χ0) is 14.5. The molecule has 2 heterocycles. The van der Waals surface area contributed by atoms with Crippen LogP contribution in [0.4, 0.5) is 0 Å². The van der Waals surface area contributed by atoms with Crippen molar-refractivity contribution in [1.29, 1.82) is 0 Å². The van der Waals surface area contributed by atoms with Crippen molar-refractivity contribution < 1.29 is 9.53 Å². The van der Waals surface area contributed by atoms with Crippen LogP contribution >= 0.6 is 11.6 Å². The second-order valence-electron chi connectivity index (χ2n) is 5.35. The van der Waals surface area contributed by atoms with Crippen LogP contribution in [-0.2, 0) is 4.74 Å². The van der Waals surface area contributed by atoms with Crippen molar-refractivity contribution in [3.8, 4) is 0 Å². The fourth-order valence-electron chi connectivity index (χ4n) is 2.40. The Labute approximate surface area is 124 Å². The lowest BCUT2D eigenvalue weighted by Gasteiger charge is -2.25. The van der Waals surface area contributed by atoms with Gasteiger partial charge in [-0.2, -0.15) is 0 Å². The molecule has 0 unspecified atom stereocenters. The molecule has 0 saturated carbocycles. The molecule has 1 fully saturated rings. The van der Waals surface area contributed by atoms with E-state index in [1.165, 1.54) is 6.20 Å². The molecule has 5 nitrogen and oxygen atoms in total.